The molecular weight excluding hydrogens is 372 g/mol. The lowest BCUT2D eigenvalue weighted by atomic mass is 9.62. The maximum Gasteiger partial charge on any atom is 0.317 e. The van der Waals surface area contributed by atoms with Gasteiger partial charge in [0.25, 0.3) is 0 Å². The molecule has 0 heterocycles. The van der Waals surface area contributed by atoms with Crippen LogP contribution in [0.4, 0.5) is 0 Å². The number of carbonyl (C=O) groups is 3. The van der Waals surface area contributed by atoms with Gasteiger partial charge in [0.1, 0.15) is 5.92 Å². The molecular formula is C23H32O6. The first-order valence-electron chi connectivity index (χ1n) is 10.2. The van der Waals surface area contributed by atoms with Crippen molar-refractivity contribution in [2.45, 2.75) is 52.6 Å². The van der Waals surface area contributed by atoms with Crippen molar-refractivity contribution in [2.24, 2.45) is 23.7 Å². The van der Waals surface area contributed by atoms with Gasteiger partial charge < -0.3 is 14.6 Å². The van der Waals surface area contributed by atoms with E-state index in [4.69, 9.17) is 9.47 Å². The molecule has 29 heavy (non-hydrogen) atoms. The standard InChI is InChI=1S/C23H32O6/c1-14(2)12-28-21(25)19-17(24)11-23(5,27)20(22(26)29-13-15(3)4)18(19)16-9-7-6-8-10-16/h6-10,14-15,18-20,27H,11-13H2,1-5H3/t18-,19+,20+,23+/m1/s1. The van der Waals surface area contributed by atoms with Crippen molar-refractivity contribution in [3.63, 3.8) is 0 Å². The first kappa shape index (κ1) is 23.1. The quantitative estimate of drug-likeness (QED) is 0.555. The van der Waals surface area contributed by atoms with Gasteiger partial charge in [-0.15, -0.1) is 0 Å². The zero-order valence-corrected chi connectivity index (χ0v) is 17.9. The normalized spacial score (nSPS) is 27.2. The predicted molar refractivity (Wildman–Crippen MR) is 108 cm³/mol. The molecule has 0 spiro atoms. The number of hydrogen-bond acceptors (Lipinski definition) is 6. The molecule has 0 unspecified atom stereocenters. The van der Waals surface area contributed by atoms with Crippen molar-refractivity contribution in [1.82, 2.24) is 0 Å². The molecule has 0 saturated heterocycles. The second-order valence-electron chi connectivity index (χ2n) is 8.94. The summed E-state index contributed by atoms with van der Waals surface area (Å²) in [6.07, 6.45) is -0.306. The van der Waals surface area contributed by atoms with E-state index in [1.165, 1.54) is 6.92 Å². The minimum absolute atomic E-state index is 0.114. The van der Waals surface area contributed by atoms with E-state index in [2.05, 4.69) is 0 Å². The largest absolute Gasteiger partial charge is 0.465 e. The Bertz CT molecular complexity index is 722. The monoisotopic (exact) mass is 404 g/mol. The van der Waals surface area contributed by atoms with Crippen molar-refractivity contribution in [2.75, 3.05) is 13.2 Å². The van der Waals surface area contributed by atoms with Crippen molar-refractivity contribution in [3.05, 3.63) is 35.9 Å². The van der Waals surface area contributed by atoms with Crippen LogP contribution in [0, 0.1) is 23.7 Å². The summed E-state index contributed by atoms with van der Waals surface area (Å²) < 4.78 is 10.8. The summed E-state index contributed by atoms with van der Waals surface area (Å²) >= 11 is 0. The number of carbonyl (C=O) groups excluding carboxylic acids is 3. The van der Waals surface area contributed by atoms with Gasteiger partial charge in [-0.2, -0.15) is 0 Å². The number of benzene rings is 1. The molecule has 0 radical (unpaired) electrons. The van der Waals surface area contributed by atoms with Crippen LogP contribution in [0.1, 0.15) is 52.5 Å². The Kier molecular flexibility index (Phi) is 7.58. The van der Waals surface area contributed by atoms with Crippen LogP contribution in [0.5, 0.6) is 0 Å². The molecule has 1 N–H and O–H groups in total. The van der Waals surface area contributed by atoms with Crippen LogP contribution < -0.4 is 0 Å². The van der Waals surface area contributed by atoms with Crippen molar-refractivity contribution in [1.29, 1.82) is 0 Å². The smallest absolute Gasteiger partial charge is 0.317 e. The van der Waals surface area contributed by atoms with Gasteiger partial charge in [-0.25, -0.2) is 0 Å². The third kappa shape index (κ3) is 5.66. The van der Waals surface area contributed by atoms with E-state index < -0.39 is 41.1 Å². The fraction of sp³-hybridized carbons (Fsp3) is 0.609. The SMILES string of the molecule is CC(C)COC(=O)[C@H]1C(=O)C[C@](C)(O)[C@H](C(=O)OCC(C)C)[C@@H]1c1ccccc1. The number of ether oxygens (including phenoxy) is 2. The van der Waals surface area contributed by atoms with Crippen LogP contribution in [0.3, 0.4) is 0 Å². The van der Waals surface area contributed by atoms with Gasteiger partial charge in [0, 0.05) is 12.3 Å². The molecule has 1 aromatic carbocycles. The van der Waals surface area contributed by atoms with Crippen LogP contribution in [0.2, 0.25) is 0 Å². The lowest BCUT2D eigenvalue weighted by Gasteiger charge is -2.43. The van der Waals surface area contributed by atoms with E-state index in [-0.39, 0.29) is 31.5 Å². The zero-order chi connectivity index (χ0) is 21.8. The summed E-state index contributed by atoms with van der Waals surface area (Å²) in [7, 11) is 0. The Morgan fingerprint density at radius 1 is 1.03 bits per heavy atom. The average molecular weight is 405 g/mol. The Balaban J connectivity index is 2.47. The van der Waals surface area contributed by atoms with Crippen molar-refractivity contribution in [3.8, 4) is 0 Å². The fourth-order valence-electron chi connectivity index (χ4n) is 3.77. The highest BCUT2D eigenvalue weighted by molar-refractivity contribution is 6.02. The third-order valence-electron chi connectivity index (χ3n) is 5.08. The first-order chi connectivity index (χ1) is 13.5. The highest BCUT2D eigenvalue weighted by Crippen LogP contribution is 2.46. The third-order valence-corrected chi connectivity index (χ3v) is 5.08. The molecule has 0 aromatic heterocycles. The molecule has 6 heteroatoms. The predicted octanol–water partition coefficient (Wildman–Crippen LogP) is 3.12. The van der Waals surface area contributed by atoms with Gasteiger partial charge in [-0.3, -0.25) is 14.4 Å². The highest BCUT2D eigenvalue weighted by atomic mass is 16.5. The molecule has 1 aromatic rings. The molecule has 1 fully saturated rings. The van der Waals surface area contributed by atoms with Crippen molar-refractivity contribution < 1.29 is 29.0 Å². The summed E-state index contributed by atoms with van der Waals surface area (Å²) in [5, 5.41) is 11.0. The summed E-state index contributed by atoms with van der Waals surface area (Å²) in [5.74, 6) is -4.52. The molecule has 0 amide bonds. The number of ketones is 1. The summed E-state index contributed by atoms with van der Waals surface area (Å²) in [6.45, 7) is 9.47. The summed E-state index contributed by atoms with van der Waals surface area (Å²) in [4.78, 5) is 38.8. The van der Waals surface area contributed by atoms with E-state index >= 15 is 0 Å². The van der Waals surface area contributed by atoms with Gasteiger partial charge in [0.05, 0.1) is 24.7 Å². The molecule has 160 valence electrons. The van der Waals surface area contributed by atoms with Gasteiger partial charge in [-0.1, -0.05) is 58.0 Å². The number of hydrogen-bond donors (Lipinski definition) is 1. The molecule has 1 aliphatic rings. The van der Waals surface area contributed by atoms with E-state index in [1.807, 2.05) is 33.8 Å². The lowest BCUT2D eigenvalue weighted by molar-refractivity contribution is -0.173. The van der Waals surface area contributed by atoms with E-state index in [9.17, 15) is 19.5 Å². The number of rotatable bonds is 7. The Morgan fingerprint density at radius 2 is 1.55 bits per heavy atom. The Hall–Kier alpha value is -2.21. The van der Waals surface area contributed by atoms with Gasteiger partial charge in [0.15, 0.2) is 5.78 Å². The maximum absolute atomic E-state index is 13.0. The van der Waals surface area contributed by atoms with Crippen LogP contribution in [0.25, 0.3) is 0 Å². The minimum atomic E-state index is -1.62. The van der Waals surface area contributed by atoms with Gasteiger partial charge >= 0.3 is 11.9 Å². The second-order valence-corrected chi connectivity index (χ2v) is 8.94. The molecule has 6 nitrogen and oxygen atoms in total. The molecule has 0 bridgehead atoms. The Morgan fingerprint density at radius 3 is 2.07 bits per heavy atom. The van der Waals surface area contributed by atoms with E-state index in [0.29, 0.717) is 5.56 Å². The number of Topliss-reactive ketones (excluding diaryl/α,β-unsaturated/α-hetero) is 1. The fourth-order valence-corrected chi connectivity index (χ4v) is 3.77. The summed E-state index contributed by atoms with van der Waals surface area (Å²) in [5.41, 5.74) is -1.00. The highest BCUT2D eigenvalue weighted by Gasteiger charge is 2.57. The van der Waals surface area contributed by atoms with Crippen LogP contribution in [0.15, 0.2) is 30.3 Å². The Labute approximate surface area is 172 Å². The zero-order valence-electron chi connectivity index (χ0n) is 17.9. The average Bonchev–Trinajstić information content (AvgIpc) is 2.63. The van der Waals surface area contributed by atoms with Crippen LogP contribution in [-0.4, -0.2) is 41.6 Å². The topological polar surface area (TPSA) is 89.9 Å². The van der Waals surface area contributed by atoms with E-state index in [0.717, 1.165) is 0 Å². The van der Waals surface area contributed by atoms with Gasteiger partial charge in [-0.05, 0) is 24.3 Å². The molecule has 4 atom stereocenters. The number of esters is 2. The molecule has 0 aliphatic heterocycles. The minimum Gasteiger partial charge on any atom is -0.465 e. The van der Waals surface area contributed by atoms with Crippen LogP contribution >= 0.6 is 0 Å². The number of aliphatic hydroxyl groups is 1. The maximum atomic E-state index is 13.0. The first-order valence-corrected chi connectivity index (χ1v) is 10.2. The molecule has 1 saturated carbocycles. The molecule has 2 rings (SSSR count). The summed E-state index contributed by atoms with van der Waals surface area (Å²) in [6, 6.07) is 8.87. The van der Waals surface area contributed by atoms with Gasteiger partial charge in [0.2, 0.25) is 0 Å². The van der Waals surface area contributed by atoms with Crippen LogP contribution in [-0.2, 0) is 23.9 Å². The lowest BCUT2D eigenvalue weighted by Crippen LogP contribution is -2.55. The van der Waals surface area contributed by atoms with Crippen molar-refractivity contribution >= 4 is 17.7 Å². The molecule has 1 aliphatic carbocycles. The van der Waals surface area contributed by atoms with E-state index in [1.54, 1.807) is 24.3 Å². The second kappa shape index (κ2) is 9.53.